The third-order valence-corrected chi connectivity index (χ3v) is 4.90. The number of nitrogens with one attached hydrogen (secondary N) is 2. The van der Waals surface area contributed by atoms with Crippen molar-refractivity contribution < 1.29 is 4.79 Å². The van der Waals surface area contributed by atoms with Gasteiger partial charge in [-0.25, -0.2) is 4.98 Å². The van der Waals surface area contributed by atoms with E-state index in [0.717, 1.165) is 33.3 Å². The summed E-state index contributed by atoms with van der Waals surface area (Å²) in [4.78, 5) is 16.7. The Morgan fingerprint density at radius 2 is 2.15 bits per heavy atom. The van der Waals surface area contributed by atoms with Crippen molar-refractivity contribution in [3.05, 3.63) is 81.3 Å². The lowest BCUT2D eigenvalue weighted by molar-refractivity contribution is 0.0951. The molecule has 4 aromatic rings. The van der Waals surface area contributed by atoms with Gasteiger partial charge in [0.2, 0.25) is 0 Å². The number of thiophene rings is 1. The lowest BCUT2D eigenvalue weighted by Gasteiger charge is -2.06. The quantitative estimate of drug-likeness (QED) is 0.539. The first-order valence-corrected chi connectivity index (χ1v) is 9.34. The Balaban J connectivity index is 1.54. The van der Waals surface area contributed by atoms with Crippen LogP contribution in [0.25, 0.3) is 11.0 Å². The number of aromatic nitrogens is 3. The number of rotatable bonds is 3. The average molecular weight is 372 g/mol. The number of carbonyl (C=O) groups excluding carboxylic acids is 1. The number of benzene rings is 1. The number of amides is 1. The van der Waals surface area contributed by atoms with Crippen molar-refractivity contribution in [2.75, 3.05) is 0 Å². The Bertz CT molecular complexity index is 1170. The molecule has 1 aromatic carbocycles. The molecule has 3 aromatic heterocycles. The molecule has 0 saturated carbocycles. The fourth-order valence-electron chi connectivity index (χ4n) is 2.62. The molecule has 0 atom stereocenters. The smallest absolute Gasteiger partial charge is 0.251 e. The summed E-state index contributed by atoms with van der Waals surface area (Å²) in [6, 6.07) is 9.51. The third kappa shape index (κ3) is 3.89. The number of nitrogens with zero attached hydrogens (tertiary/aromatic N) is 2. The van der Waals surface area contributed by atoms with Crippen LogP contribution in [0.5, 0.6) is 0 Å². The molecule has 0 unspecified atom stereocenters. The van der Waals surface area contributed by atoms with Gasteiger partial charge < -0.3 is 5.32 Å². The van der Waals surface area contributed by atoms with E-state index in [4.69, 9.17) is 0 Å². The summed E-state index contributed by atoms with van der Waals surface area (Å²) in [5, 5.41) is 14.7. The van der Waals surface area contributed by atoms with Crippen molar-refractivity contribution in [1.29, 1.82) is 0 Å². The van der Waals surface area contributed by atoms with Crippen LogP contribution in [0.15, 0.2) is 53.5 Å². The summed E-state index contributed by atoms with van der Waals surface area (Å²) >= 11 is 1.62. The summed E-state index contributed by atoms with van der Waals surface area (Å²) in [7, 11) is 0. The fourth-order valence-corrected chi connectivity index (χ4v) is 3.29. The van der Waals surface area contributed by atoms with E-state index >= 15 is 0 Å². The van der Waals surface area contributed by atoms with Crippen LogP contribution in [0.1, 0.15) is 32.6 Å². The second-order valence-electron chi connectivity index (χ2n) is 6.13. The number of aryl methyl sites for hydroxylation is 1. The van der Waals surface area contributed by atoms with E-state index in [0.29, 0.717) is 12.1 Å². The number of hydrogen-bond donors (Lipinski definition) is 2. The zero-order chi connectivity index (χ0) is 18.6. The highest BCUT2D eigenvalue weighted by Gasteiger charge is 2.07. The van der Waals surface area contributed by atoms with E-state index in [9.17, 15) is 4.79 Å². The Morgan fingerprint density at radius 1 is 1.22 bits per heavy atom. The van der Waals surface area contributed by atoms with Crippen LogP contribution < -0.4 is 5.32 Å². The minimum absolute atomic E-state index is 0.106. The summed E-state index contributed by atoms with van der Waals surface area (Å²) in [6.07, 6.45) is 3.43. The lowest BCUT2D eigenvalue weighted by atomic mass is 10.0. The van der Waals surface area contributed by atoms with E-state index in [1.54, 1.807) is 23.7 Å². The molecular weight excluding hydrogens is 356 g/mol. The van der Waals surface area contributed by atoms with E-state index in [-0.39, 0.29) is 5.91 Å². The average Bonchev–Trinajstić information content (AvgIpc) is 3.36. The number of pyridine rings is 1. The van der Waals surface area contributed by atoms with Crippen molar-refractivity contribution in [2.45, 2.75) is 13.5 Å². The van der Waals surface area contributed by atoms with Gasteiger partial charge in [-0.1, -0.05) is 17.9 Å². The van der Waals surface area contributed by atoms with Gasteiger partial charge in [-0.3, -0.25) is 9.89 Å². The van der Waals surface area contributed by atoms with Gasteiger partial charge in [0.1, 0.15) is 0 Å². The molecule has 5 nitrogen and oxygen atoms in total. The molecule has 0 aliphatic heterocycles. The highest BCUT2D eigenvalue weighted by Crippen LogP contribution is 2.13. The molecule has 6 heteroatoms. The normalized spacial score (nSPS) is 10.4. The van der Waals surface area contributed by atoms with Crippen molar-refractivity contribution >= 4 is 28.3 Å². The van der Waals surface area contributed by atoms with E-state index in [2.05, 4.69) is 32.3 Å². The van der Waals surface area contributed by atoms with Gasteiger partial charge >= 0.3 is 0 Å². The van der Waals surface area contributed by atoms with Crippen LogP contribution in [0.2, 0.25) is 0 Å². The maximum Gasteiger partial charge on any atom is 0.251 e. The summed E-state index contributed by atoms with van der Waals surface area (Å²) in [5.74, 6) is 6.17. The molecule has 132 valence electrons. The van der Waals surface area contributed by atoms with Gasteiger partial charge in [-0.05, 0) is 53.1 Å². The SMILES string of the molecule is Cc1ccc(C(=O)NCc2ccsc2)cc1C#Cc1cnc2[nH]ncc2c1. The van der Waals surface area contributed by atoms with Crippen molar-refractivity contribution in [1.82, 2.24) is 20.5 Å². The van der Waals surface area contributed by atoms with Gasteiger partial charge in [0.05, 0.1) is 6.20 Å². The van der Waals surface area contributed by atoms with Gasteiger partial charge in [0.15, 0.2) is 5.65 Å². The highest BCUT2D eigenvalue weighted by atomic mass is 32.1. The minimum atomic E-state index is -0.106. The van der Waals surface area contributed by atoms with Gasteiger partial charge in [0.25, 0.3) is 5.91 Å². The number of fused-ring (bicyclic) bond motifs is 1. The topological polar surface area (TPSA) is 70.7 Å². The Labute approximate surface area is 160 Å². The summed E-state index contributed by atoms with van der Waals surface area (Å²) < 4.78 is 0. The number of aromatic amines is 1. The predicted octanol–water partition coefficient (Wildman–Crippen LogP) is 3.66. The molecule has 0 saturated heterocycles. The molecule has 0 radical (unpaired) electrons. The highest BCUT2D eigenvalue weighted by molar-refractivity contribution is 7.07. The van der Waals surface area contributed by atoms with Crippen LogP contribution in [-0.4, -0.2) is 21.1 Å². The lowest BCUT2D eigenvalue weighted by Crippen LogP contribution is -2.22. The first-order valence-electron chi connectivity index (χ1n) is 8.40. The Hall–Kier alpha value is -3.43. The molecule has 1 amide bonds. The summed E-state index contributed by atoms with van der Waals surface area (Å²) in [6.45, 7) is 2.50. The predicted molar refractivity (Wildman–Crippen MR) is 107 cm³/mol. The Morgan fingerprint density at radius 3 is 3.00 bits per heavy atom. The first-order chi connectivity index (χ1) is 13.2. The molecule has 2 N–H and O–H groups in total. The van der Waals surface area contributed by atoms with Crippen molar-refractivity contribution in [3.63, 3.8) is 0 Å². The standard InChI is InChI=1S/C21H16N4OS/c1-14-2-4-18(21(26)23-11-16-6-7-27-13-16)9-17(14)5-3-15-8-19-12-24-25-20(19)22-10-15/h2,4,6-10,12-13H,11H2,1H3,(H,23,26)(H,22,24,25). The number of hydrogen-bond acceptors (Lipinski definition) is 4. The van der Waals surface area contributed by atoms with Gasteiger partial charge in [-0.2, -0.15) is 16.4 Å². The molecule has 4 rings (SSSR count). The molecule has 27 heavy (non-hydrogen) atoms. The monoisotopic (exact) mass is 372 g/mol. The molecule has 0 spiro atoms. The van der Waals surface area contributed by atoms with Gasteiger partial charge in [0, 0.05) is 34.8 Å². The number of H-pyrrole nitrogens is 1. The zero-order valence-electron chi connectivity index (χ0n) is 14.6. The Kier molecular flexibility index (Phi) is 4.69. The van der Waals surface area contributed by atoms with Crippen molar-refractivity contribution in [2.24, 2.45) is 0 Å². The molecule has 0 aliphatic carbocycles. The largest absolute Gasteiger partial charge is 0.348 e. The molecule has 3 heterocycles. The van der Waals surface area contributed by atoms with Crippen molar-refractivity contribution in [3.8, 4) is 11.8 Å². The maximum absolute atomic E-state index is 12.4. The third-order valence-electron chi connectivity index (χ3n) is 4.17. The van der Waals surface area contributed by atoms with E-state index in [1.807, 2.05) is 48.0 Å². The van der Waals surface area contributed by atoms with Crippen LogP contribution in [-0.2, 0) is 6.54 Å². The summed E-state index contributed by atoms with van der Waals surface area (Å²) in [5.41, 5.74) is 5.09. The van der Waals surface area contributed by atoms with Crippen LogP contribution in [0.3, 0.4) is 0 Å². The number of carbonyl (C=O) groups is 1. The van der Waals surface area contributed by atoms with E-state index < -0.39 is 0 Å². The van der Waals surface area contributed by atoms with Gasteiger partial charge in [-0.15, -0.1) is 0 Å². The second kappa shape index (κ2) is 7.44. The second-order valence-corrected chi connectivity index (χ2v) is 6.91. The molecule has 0 bridgehead atoms. The van der Waals surface area contributed by atoms with Crippen LogP contribution >= 0.6 is 11.3 Å². The first kappa shape index (κ1) is 17.0. The van der Waals surface area contributed by atoms with Crippen LogP contribution in [0.4, 0.5) is 0 Å². The van der Waals surface area contributed by atoms with E-state index in [1.165, 1.54) is 0 Å². The molecule has 0 fully saturated rings. The molecule has 0 aliphatic rings. The molecular formula is C21H16N4OS. The maximum atomic E-state index is 12.4. The zero-order valence-corrected chi connectivity index (χ0v) is 15.4. The van der Waals surface area contributed by atoms with Crippen LogP contribution in [0, 0.1) is 18.8 Å². The fraction of sp³-hybridized carbons (Fsp3) is 0.0952. The minimum Gasteiger partial charge on any atom is -0.348 e.